The van der Waals surface area contributed by atoms with E-state index in [4.69, 9.17) is 0 Å². The van der Waals surface area contributed by atoms with Crippen LogP contribution >= 0.6 is 0 Å². The van der Waals surface area contributed by atoms with Crippen LogP contribution in [0.1, 0.15) is 71.1 Å². The van der Waals surface area contributed by atoms with Gasteiger partial charge in [0.25, 0.3) is 5.91 Å². The first kappa shape index (κ1) is 26.0. The Hall–Kier alpha value is -2.65. The lowest BCUT2D eigenvalue weighted by Crippen LogP contribution is -2.58. The second-order valence-electron chi connectivity index (χ2n) is 9.75. The average Bonchev–Trinajstić information content (AvgIpc) is 3.52. The van der Waals surface area contributed by atoms with Crippen molar-refractivity contribution in [2.45, 2.75) is 89.3 Å². The number of likely N-dealkylation sites (N-methyl/N-ethyl adjacent to an activating group) is 1. The number of rotatable bonds is 10. The van der Waals surface area contributed by atoms with Crippen molar-refractivity contribution in [1.29, 1.82) is 0 Å². The summed E-state index contributed by atoms with van der Waals surface area (Å²) in [6, 6.07) is -2.70. The Morgan fingerprint density at radius 1 is 0.912 bits per heavy atom. The van der Waals surface area contributed by atoms with Gasteiger partial charge >= 0.3 is 6.03 Å². The lowest BCUT2D eigenvalue weighted by atomic mass is 9.83. The van der Waals surface area contributed by atoms with Gasteiger partial charge in [0.15, 0.2) is 0 Å². The van der Waals surface area contributed by atoms with Crippen molar-refractivity contribution in [2.24, 2.45) is 11.8 Å². The number of urea groups is 1. The number of ketones is 1. The minimum absolute atomic E-state index is 0.0322. The van der Waals surface area contributed by atoms with Crippen molar-refractivity contribution < 1.29 is 24.0 Å². The van der Waals surface area contributed by atoms with Crippen LogP contribution in [0.3, 0.4) is 0 Å². The molecule has 4 N–H and O–H groups in total. The van der Waals surface area contributed by atoms with Gasteiger partial charge in [0.05, 0.1) is 6.04 Å². The smallest absolute Gasteiger partial charge is 0.315 e. The lowest BCUT2D eigenvalue weighted by molar-refractivity contribution is -0.143. The maximum absolute atomic E-state index is 13.6. The highest BCUT2D eigenvalue weighted by Crippen LogP contribution is 2.34. The van der Waals surface area contributed by atoms with E-state index in [0.717, 1.165) is 44.9 Å². The van der Waals surface area contributed by atoms with Gasteiger partial charge in [-0.25, -0.2) is 4.79 Å². The minimum atomic E-state index is -0.887. The summed E-state index contributed by atoms with van der Waals surface area (Å²) < 4.78 is 0. The van der Waals surface area contributed by atoms with Gasteiger partial charge in [-0.05, 0) is 50.9 Å². The number of hydrogen-bond acceptors (Lipinski definition) is 5. The molecule has 0 spiro atoms. The third-order valence-electron chi connectivity index (χ3n) is 7.20. The number of nitrogens with zero attached hydrogens (tertiary/aromatic N) is 1. The zero-order valence-electron chi connectivity index (χ0n) is 20.4. The predicted octanol–water partition coefficient (Wildman–Crippen LogP) is 0.845. The Morgan fingerprint density at radius 2 is 1.62 bits per heavy atom. The molecule has 0 aromatic carbocycles. The Kier molecular flexibility index (Phi) is 9.29. The molecule has 3 aliphatic rings. The zero-order chi connectivity index (χ0) is 24.7. The van der Waals surface area contributed by atoms with E-state index < -0.39 is 41.8 Å². The third-order valence-corrected chi connectivity index (χ3v) is 7.20. The molecule has 10 heteroatoms. The van der Waals surface area contributed by atoms with Crippen LogP contribution in [-0.2, 0) is 19.2 Å². The molecule has 190 valence electrons. The molecule has 0 bridgehead atoms. The SMILES string of the molecule is CCNC(=O)C(=O)C(CC1CC1)NC(=O)C1CCCN1C(=O)C(NC(=O)NC)C1CCCCC1. The molecule has 34 heavy (non-hydrogen) atoms. The molecule has 3 atom stereocenters. The molecule has 5 amide bonds. The zero-order valence-corrected chi connectivity index (χ0v) is 20.4. The van der Waals surface area contributed by atoms with Crippen LogP contribution in [0.15, 0.2) is 0 Å². The fourth-order valence-electron chi connectivity index (χ4n) is 5.14. The largest absolute Gasteiger partial charge is 0.350 e. The van der Waals surface area contributed by atoms with Crippen LogP contribution in [-0.4, -0.2) is 72.7 Å². The number of Topliss-reactive ketones (excluding diaryl/α,β-unsaturated/α-hetero) is 1. The number of likely N-dealkylation sites (tertiary alicyclic amines) is 1. The summed E-state index contributed by atoms with van der Waals surface area (Å²) in [6.07, 6.45) is 8.41. The third kappa shape index (κ3) is 6.70. The maximum atomic E-state index is 13.6. The molecular weight excluding hydrogens is 438 g/mol. The monoisotopic (exact) mass is 477 g/mol. The number of amides is 5. The van der Waals surface area contributed by atoms with Crippen molar-refractivity contribution in [1.82, 2.24) is 26.2 Å². The first-order chi connectivity index (χ1) is 16.3. The minimum Gasteiger partial charge on any atom is -0.350 e. The molecular formula is C24H39N5O5. The number of hydrogen-bond donors (Lipinski definition) is 4. The highest BCUT2D eigenvalue weighted by atomic mass is 16.2. The quantitative estimate of drug-likeness (QED) is 0.346. The summed E-state index contributed by atoms with van der Waals surface area (Å²) >= 11 is 0. The van der Waals surface area contributed by atoms with Crippen LogP contribution in [0, 0.1) is 11.8 Å². The Balaban J connectivity index is 1.71. The van der Waals surface area contributed by atoms with E-state index in [1.54, 1.807) is 11.8 Å². The van der Waals surface area contributed by atoms with Crippen molar-refractivity contribution >= 4 is 29.5 Å². The van der Waals surface area contributed by atoms with Gasteiger partial charge in [-0.2, -0.15) is 0 Å². The summed E-state index contributed by atoms with van der Waals surface area (Å²) in [5, 5.41) is 10.6. The first-order valence-electron chi connectivity index (χ1n) is 12.8. The fraction of sp³-hybridized carbons (Fsp3) is 0.792. The van der Waals surface area contributed by atoms with Crippen molar-refractivity contribution in [3.05, 3.63) is 0 Å². The van der Waals surface area contributed by atoms with E-state index in [1.807, 2.05) is 0 Å². The molecule has 3 unspecified atom stereocenters. The second-order valence-corrected chi connectivity index (χ2v) is 9.75. The Bertz CT molecular complexity index is 778. The van der Waals surface area contributed by atoms with E-state index in [1.165, 1.54) is 7.05 Å². The van der Waals surface area contributed by atoms with Crippen LogP contribution in [0.25, 0.3) is 0 Å². The number of carbonyl (C=O) groups excluding carboxylic acids is 5. The predicted molar refractivity (Wildman–Crippen MR) is 126 cm³/mol. The molecule has 0 radical (unpaired) electrons. The summed E-state index contributed by atoms with van der Waals surface area (Å²) in [6.45, 7) is 2.49. The van der Waals surface area contributed by atoms with E-state index in [-0.39, 0.29) is 11.8 Å². The van der Waals surface area contributed by atoms with Crippen LogP contribution in [0.2, 0.25) is 0 Å². The van der Waals surface area contributed by atoms with E-state index in [9.17, 15) is 24.0 Å². The summed E-state index contributed by atoms with van der Waals surface area (Å²) in [5.41, 5.74) is 0. The van der Waals surface area contributed by atoms with Crippen molar-refractivity contribution in [2.75, 3.05) is 20.1 Å². The molecule has 2 aliphatic carbocycles. The van der Waals surface area contributed by atoms with Gasteiger partial charge in [-0.3, -0.25) is 19.2 Å². The fourth-order valence-corrected chi connectivity index (χ4v) is 5.14. The van der Waals surface area contributed by atoms with E-state index >= 15 is 0 Å². The molecule has 0 aromatic rings. The highest BCUT2D eigenvalue weighted by Gasteiger charge is 2.42. The van der Waals surface area contributed by atoms with Crippen LogP contribution in [0.4, 0.5) is 4.79 Å². The van der Waals surface area contributed by atoms with Crippen molar-refractivity contribution in [3.63, 3.8) is 0 Å². The van der Waals surface area contributed by atoms with Crippen LogP contribution in [0.5, 0.6) is 0 Å². The summed E-state index contributed by atoms with van der Waals surface area (Å²) in [5.74, 6) is -1.63. The molecule has 1 aliphatic heterocycles. The molecule has 3 rings (SSSR count). The molecule has 10 nitrogen and oxygen atoms in total. The molecule has 3 fully saturated rings. The molecule has 0 aromatic heterocycles. The summed E-state index contributed by atoms with van der Waals surface area (Å²) in [4.78, 5) is 65.3. The van der Waals surface area contributed by atoms with Gasteiger partial charge in [0, 0.05) is 20.1 Å². The van der Waals surface area contributed by atoms with Gasteiger partial charge in [0.2, 0.25) is 17.6 Å². The number of nitrogens with one attached hydrogen (secondary N) is 4. The van der Waals surface area contributed by atoms with Crippen LogP contribution < -0.4 is 21.3 Å². The van der Waals surface area contributed by atoms with Crippen molar-refractivity contribution in [3.8, 4) is 0 Å². The molecule has 1 saturated heterocycles. The van der Waals surface area contributed by atoms with Gasteiger partial charge in [-0.15, -0.1) is 0 Å². The van der Waals surface area contributed by atoms with E-state index in [2.05, 4.69) is 21.3 Å². The summed E-state index contributed by atoms with van der Waals surface area (Å²) in [7, 11) is 1.51. The normalized spacial score (nSPS) is 22.4. The first-order valence-corrected chi connectivity index (χ1v) is 12.8. The molecule has 2 saturated carbocycles. The molecule has 1 heterocycles. The standard InChI is InChI=1S/C24H39N5O5/c1-3-26-22(32)20(30)17(14-15-11-12-15)27-21(31)18-10-7-13-29(18)23(33)19(28-24(34)25-2)16-8-5-4-6-9-16/h15-19H,3-14H2,1-2H3,(H,26,32)(H,27,31)(H2,25,28,34). The number of carbonyl (C=O) groups is 5. The van der Waals surface area contributed by atoms with Gasteiger partial charge < -0.3 is 26.2 Å². The average molecular weight is 478 g/mol. The topological polar surface area (TPSA) is 137 Å². The highest BCUT2D eigenvalue weighted by molar-refractivity contribution is 6.38. The van der Waals surface area contributed by atoms with E-state index in [0.29, 0.717) is 38.3 Å². The Labute approximate surface area is 201 Å². The lowest BCUT2D eigenvalue weighted by Gasteiger charge is -2.34. The van der Waals surface area contributed by atoms with Gasteiger partial charge in [-0.1, -0.05) is 32.1 Å². The second kappa shape index (κ2) is 12.2. The van der Waals surface area contributed by atoms with Gasteiger partial charge in [0.1, 0.15) is 12.1 Å². The maximum Gasteiger partial charge on any atom is 0.315 e. The Morgan fingerprint density at radius 3 is 2.24 bits per heavy atom.